The second-order valence-corrected chi connectivity index (χ2v) is 5.52. The Morgan fingerprint density at radius 3 is 1.48 bits per heavy atom. The van der Waals surface area contributed by atoms with E-state index in [1.54, 1.807) is 12.1 Å². The number of benzene rings is 2. The molecule has 0 aliphatic rings. The SMILES string of the molecule is O=C(/C=C(\O)C(F)(F)F)c1ccccc1.O=C(/C=C(\O)c1ccccc1)C(F)(F)F.[Cu]. The van der Waals surface area contributed by atoms with E-state index in [1.165, 1.54) is 48.5 Å². The number of hydrogen-bond acceptors (Lipinski definition) is 4. The third-order valence-electron chi connectivity index (χ3n) is 3.23. The maximum atomic E-state index is 11.9. The van der Waals surface area contributed by atoms with E-state index in [0.29, 0.717) is 0 Å². The molecule has 0 saturated carbocycles. The number of aliphatic hydroxyl groups is 2. The molecule has 0 fully saturated rings. The average molecular weight is 496 g/mol. The van der Waals surface area contributed by atoms with Crippen LogP contribution in [-0.2, 0) is 21.9 Å². The van der Waals surface area contributed by atoms with E-state index in [4.69, 9.17) is 5.11 Å². The van der Waals surface area contributed by atoms with Crippen LogP contribution in [0.25, 0.3) is 5.76 Å². The molecule has 1 radical (unpaired) electrons. The molecule has 0 bridgehead atoms. The standard InChI is InChI=1S/2C10H7F3O2.Cu/c2*11-10(12,13)9(15)6-8(14)7-4-2-1-3-5-7;/h1-6,15H;1-6,14H;/b9-6-;8-6-;. The van der Waals surface area contributed by atoms with Gasteiger partial charge in [0.15, 0.2) is 5.78 Å². The molecule has 2 N–H and O–H groups in total. The third kappa shape index (κ3) is 10.0. The van der Waals surface area contributed by atoms with Gasteiger partial charge in [-0.2, -0.15) is 26.3 Å². The summed E-state index contributed by atoms with van der Waals surface area (Å²) in [5, 5.41) is 17.7. The number of aliphatic hydroxyl groups excluding tert-OH is 2. The van der Waals surface area contributed by atoms with Gasteiger partial charge in [0.05, 0.1) is 0 Å². The number of hydrogen-bond donors (Lipinski definition) is 2. The van der Waals surface area contributed by atoms with Gasteiger partial charge in [0.1, 0.15) is 5.76 Å². The van der Waals surface area contributed by atoms with Crippen molar-refractivity contribution in [2.24, 2.45) is 0 Å². The molecule has 4 nitrogen and oxygen atoms in total. The minimum absolute atomic E-state index is 0. The average Bonchev–Trinajstić information content (AvgIpc) is 2.68. The van der Waals surface area contributed by atoms with Crippen LogP contribution in [0.5, 0.6) is 0 Å². The molecule has 0 unspecified atom stereocenters. The first-order valence-corrected chi connectivity index (χ1v) is 7.97. The van der Waals surface area contributed by atoms with Gasteiger partial charge in [-0.1, -0.05) is 60.7 Å². The molecule has 2 aromatic carbocycles. The van der Waals surface area contributed by atoms with E-state index in [0.717, 1.165) is 0 Å². The van der Waals surface area contributed by atoms with E-state index in [9.17, 15) is 41.0 Å². The number of rotatable bonds is 4. The fourth-order valence-corrected chi connectivity index (χ4v) is 1.79. The molecule has 0 spiro atoms. The van der Waals surface area contributed by atoms with E-state index in [-0.39, 0.29) is 40.3 Å². The number of alkyl halides is 6. The van der Waals surface area contributed by atoms with Crippen molar-refractivity contribution in [3.05, 3.63) is 89.7 Å². The predicted octanol–water partition coefficient (Wildman–Crippen LogP) is 5.59. The second kappa shape index (κ2) is 12.0. The molecule has 11 heteroatoms. The first-order valence-electron chi connectivity index (χ1n) is 7.97. The van der Waals surface area contributed by atoms with E-state index in [1.807, 2.05) is 0 Å². The van der Waals surface area contributed by atoms with Gasteiger partial charge >= 0.3 is 12.4 Å². The molecular formula is C20H14CuF6O4. The number of allylic oxidation sites excluding steroid dienone is 3. The fraction of sp³-hybridized carbons (Fsp3) is 0.100. The quantitative estimate of drug-likeness (QED) is 0.191. The Bertz CT molecular complexity index is 920. The van der Waals surface area contributed by atoms with Crippen LogP contribution >= 0.6 is 0 Å². The molecule has 0 amide bonds. The Labute approximate surface area is 183 Å². The zero-order chi connectivity index (χ0) is 22.9. The van der Waals surface area contributed by atoms with Gasteiger partial charge in [-0.3, -0.25) is 9.59 Å². The molecule has 171 valence electrons. The van der Waals surface area contributed by atoms with Crippen LogP contribution in [0.4, 0.5) is 26.3 Å². The summed E-state index contributed by atoms with van der Waals surface area (Å²) in [5.41, 5.74) is 0.253. The minimum Gasteiger partial charge on any atom is -0.507 e. The van der Waals surface area contributed by atoms with Crippen molar-refractivity contribution in [2.75, 3.05) is 0 Å². The fourth-order valence-electron chi connectivity index (χ4n) is 1.79. The van der Waals surface area contributed by atoms with Gasteiger partial charge < -0.3 is 10.2 Å². The normalized spacial score (nSPS) is 12.2. The molecule has 31 heavy (non-hydrogen) atoms. The van der Waals surface area contributed by atoms with Crippen molar-refractivity contribution in [2.45, 2.75) is 12.4 Å². The van der Waals surface area contributed by atoms with Crippen LogP contribution in [0.15, 0.2) is 78.6 Å². The molecule has 0 aliphatic carbocycles. The summed E-state index contributed by atoms with van der Waals surface area (Å²) in [6, 6.07) is 14.9. The molecule has 0 saturated heterocycles. The summed E-state index contributed by atoms with van der Waals surface area (Å²) in [6.45, 7) is 0. The summed E-state index contributed by atoms with van der Waals surface area (Å²) in [6.07, 6.45) is -9.52. The molecule has 2 rings (SSSR count). The van der Waals surface area contributed by atoms with Crippen molar-refractivity contribution in [3.8, 4) is 0 Å². The maximum Gasteiger partial charge on any atom is 0.454 e. The molecular weight excluding hydrogens is 482 g/mol. The Kier molecular flexibility index (Phi) is 10.8. The molecule has 0 heterocycles. The Hall–Kier alpha value is -3.04. The van der Waals surface area contributed by atoms with E-state index >= 15 is 0 Å². The Morgan fingerprint density at radius 1 is 0.677 bits per heavy atom. The monoisotopic (exact) mass is 495 g/mol. The second-order valence-electron chi connectivity index (χ2n) is 5.52. The van der Waals surface area contributed by atoms with E-state index < -0.39 is 35.4 Å². The number of carbonyl (C=O) groups excluding carboxylic acids is 2. The molecule has 2 aromatic rings. The van der Waals surface area contributed by atoms with Crippen molar-refractivity contribution in [1.82, 2.24) is 0 Å². The zero-order valence-electron chi connectivity index (χ0n) is 15.2. The third-order valence-corrected chi connectivity index (χ3v) is 3.23. The number of carbonyl (C=O) groups is 2. The van der Waals surface area contributed by atoms with Crippen LogP contribution in [0.2, 0.25) is 0 Å². The Balaban J connectivity index is 0.000000562. The van der Waals surface area contributed by atoms with Crippen LogP contribution in [0.1, 0.15) is 15.9 Å². The molecule has 0 aromatic heterocycles. The summed E-state index contributed by atoms with van der Waals surface area (Å²) >= 11 is 0. The van der Waals surface area contributed by atoms with E-state index in [2.05, 4.69) is 0 Å². The maximum absolute atomic E-state index is 11.9. The van der Waals surface area contributed by atoms with Gasteiger partial charge in [0.2, 0.25) is 5.76 Å². The van der Waals surface area contributed by atoms with Gasteiger partial charge in [-0.05, 0) is 0 Å². The predicted molar refractivity (Wildman–Crippen MR) is 95.6 cm³/mol. The number of halogens is 6. The van der Waals surface area contributed by atoms with Crippen molar-refractivity contribution in [3.63, 3.8) is 0 Å². The largest absolute Gasteiger partial charge is 0.507 e. The van der Waals surface area contributed by atoms with Crippen molar-refractivity contribution < 1.29 is 63.2 Å². The van der Waals surface area contributed by atoms with Gasteiger partial charge in [0, 0.05) is 40.3 Å². The van der Waals surface area contributed by atoms with Crippen LogP contribution in [-0.4, -0.2) is 34.1 Å². The Morgan fingerprint density at radius 2 is 1.10 bits per heavy atom. The molecule has 0 aliphatic heterocycles. The summed E-state index contributed by atoms with van der Waals surface area (Å²) in [7, 11) is 0. The van der Waals surface area contributed by atoms with Gasteiger partial charge in [-0.15, -0.1) is 0 Å². The topological polar surface area (TPSA) is 74.6 Å². The van der Waals surface area contributed by atoms with Crippen LogP contribution < -0.4 is 0 Å². The van der Waals surface area contributed by atoms with Gasteiger partial charge in [-0.25, -0.2) is 0 Å². The van der Waals surface area contributed by atoms with Crippen LogP contribution in [0, 0.1) is 0 Å². The first kappa shape index (κ1) is 28.0. The van der Waals surface area contributed by atoms with Crippen LogP contribution in [0.3, 0.4) is 0 Å². The summed E-state index contributed by atoms with van der Waals surface area (Å²) < 4.78 is 71.0. The van der Waals surface area contributed by atoms with Crippen molar-refractivity contribution >= 4 is 17.3 Å². The van der Waals surface area contributed by atoms with Gasteiger partial charge in [0.25, 0.3) is 5.78 Å². The molecule has 0 atom stereocenters. The number of ketones is 2. The zero-order valence-corrected chi connectivity index (χ0v) is 16.2. The first-order chi connectivity index (χ1) is 13.8. The summed E-state index contributed by atoms with van der Waals surface area (Å²) in [5.74, 6) is -5.55. The smallest absolute Gasteiger partial charge is 0.454 e. The van der Waals surface area contributed by atoms with Crippen molar-refractivity contribution in [1.29, 1.82) is 0 Å². The summed E-state index contributed by atoms with van der Waals surface area (Å²) in [4.78, 5) is 21.7. The minimum atomic E-state index is -4.96.